The van der Waals surface area contributed by atoms with E-state index in [2.05, 4.69) is 31.1 Å². The zero-order valence-corrected chi connectivity index (χ0v) is 15.6. The lowest BCUT2D eigenvalue weighted by Gasteiger charge is -1.99. The smallest absolute Gasteiger partial charge is 0.342 e. The third-order valence-corrected chi connectivity index (χ3v) is 4.64. The van der Waals surface area contributed by atoms with Crippen LogP contribution in [-0.4, -0.2) is 26.3 Å². The molecule has 2 N–H and O–H groups in total. The number of nitrogens with zero attached hydrogens (tertiary/aromatic N) is 2. The van der Waals surface area contributed by atoms with Crippen LogP contribution in [-0.2, 0) is 11.2 Å². The number of aliphatic carboxylic acids is 1. The highest BCUT2D eigenvalue weighted by Crippen LogP contribution is 2.29. The van der Waals surface area contributed by atoms with Gasteiger partial charge in [0, 0.05) is 22.5 Å². The highest BCUT2D eigenvalue weighted by Gasteiger charge is 2.15. The van der Waals surface area contributed by atoms with E-state index < -0.39 is 5.97 Å². The van der Waals surface area contributed by atoms with Crippen LogP contribution in [0.4, 0.5) is 0 Å². The number of thioether (sulfide) groups is 1. The number of nitrogens with one attached hydrogen (secondary N) is 1. The van der Waals surface area contributed by atoms with Crippen LogP contribution in [0.15, 0.2) is 55.3 Å². The number of rotatable bonds is 6. The first kappa shape index (κ1) is 17.5. The average Bonchev–Trinajstić information content (AvgIpc) is 3.23. The van der Waals surface area contributed by atoms with Crippen molar-refractivity contribution in [3.05, 3.63) is 57.4 Å². The molecule has 0 spiro atoms. The molecule has 0 aliphatic rings. The summed E-state index contributed by atoms with van der Waals surface area (Å²) in [6, 6.07) is 11.2. The molecule has 6 nitrogen and oxygen atoms in total. The second-order valence-electron chi connectivity index (χ2n) is 5.05. The molecule has 0 saturated carbocycles. The number of aromatic amines is 1. The molecular formula is C17H14BrN3O3S. The van der Waals surface area contributed by atoms with Crippen LogP contribution in [0.25, 0.3) is 17.4 Å². The van der Waals surface area contributed by atoms with E-state index in [0.29, 0.717) is 28.9 Å². The van der Waals surface area contributed by atoms with Gasteiger partial charge in [0.1, 0.15) is 22.3 Å². The number of hydrogen-bond donors (Lipinski definition) is 2. The molecule has 1 aromatic carbocycles. The van der Waals surface area contributed by atoms with Gasteiger partial charge in [-0.2, -0.15) is 0 Å². The second-order valence-corrected chi connectivity index (χ2v) is 6.97. The van der Waals surface area contributed by atoms with Gasteiger partial charge in [-0.25, -0.2) is 9.78 Å². The SMILES string of the molecule is CCc1nc(S/C(=C\c2ccc(-c3cccc(Br)c3)o2)C(=O)O)n[nH]1. The number of halogens is 1. The van der Waals surface area contributed by atoms with Gasteiger partial charge >= 0.3 is 5.97 Å². The molecule has 2 heterocycles. The van der Waals surface area contributed by atoms with Crippen molar-refractivity contribution < 1.29 is 14.3 Å². The molecule has 3 aromatic rings. The Morgan fingerprint density at radius 1 is 1.40 bits per heavy atom. The number of hydrogen-bond acceptors (Lipinski definition) is 5. The molecule has 0 saturated heterocycles. The van der Waals surface area contributed by atoms with E-state index >= 15 is 0 Å². The molecule has 0 bridgehead atoms. The van der Waals surface area contributed by atoms with Gasteiger partial charge in [0.15, 0.2) is 0 Å². The maximum absolute atomic E-state index is 11.5. The van der Waals surface area contributed by atoms with E-state index in [-0.39, 0.29) is 4.91 Å². The topological polar surface area (TPSA) is 92.0 Å². The van der Waals surface area contributed by atoms with E-state index in [9.17, 15) is 9.90 Å². The molecule has 0 amide bonds. The summed E-state index contributed by atoms with van der Waals surface area (Å²) < 4.78 is 6.69. The lowest BCUT2D eigenvalue weighted by Crippen LogP contribution is -1.97. The Labute approximate surface area is 156 Å². The molecule has 128 valence electrons. The first-order chi connectivity index (χ1) is 12.0. The molecule has 3 rings (SSSR count). The lowest BCUT2D eigenvalue weighted by molar-refractivity contribution is -0.131. The zero-order chi connectivity index (χ0) is 17.8. The Bertz CT molecular complexity index is 933. The molecule has 2 aromatic heterocycles. The van der Waals surface area contributed by atoms with Crippen molar-refractivity contribution in [3.8, 4) is 11.3 Å². The number of carboxylic acids is 1. The van der Waals surface area contributed by atoms with Crippen molar-refractivity contribution in [2.75, 3.05) is 0 Å². The number of aryl methyl sites for hydroxylation is 1. The maximum Gasteiger partial charge on any atom is 0.342 e. The molecule has 0 fully saturated rings. The maximum atomic E-state index is 11.5. The average molecular weight is 420 g/mol. The first-order valence-corrected chi connectivity index (χ1v) is 9.06. The number of furan rings is 1. The highest BCUT2D eigenvalue weighted by molar-refractivity contribution is 9.10. The summed E-state index contributed by atoms with van der Waals surface area (Å²) in [5, 5.41) is 16.5. The fraction of sp³-hybridized carbons (Fsp3) is 0.118. The van der Waals surface area contributed by atoms with Crippen LogP contribution in [0.2, 0.25) is 0 Å². The van der Waals surface area contributed by atoms with Gasteiger partial charge in [-0.05, 0) is 36.0 Å². The van der Waals surface area contributed by atoms with Gasteiger partial charge in [0.25, 0.3) is 0 Å². The third-order valence-electron chi connectivity index (χ3n) is 3.27. The van der Waals surface area contributed by atoms with Gasteiger partial charge in [-0.1, -0.05) is 35.0 Å². The van der Waals surface area contributed by atoms with E-state index in [0.717, 1.165) is 21.8 Å². The predicted octanol–water partition coefficient (Wildman–Crippen LogP) is 4.61. The van der Waals surface area contributed by atoms with Crippen LogP contribution < -0.4 is 0 Å². The van der Waals surface area contributed by atoms with Crippen LogP contribution in [0.5, 0.6) is 0 Å². The summed E-state index contributed by atoms with van der Waals surface area (Å²) in [6.45, 7) is 1.94. The molecule has 0 aliphatic carbocycles. The quantitative estimate of drug-likeness (QED) is 0.447. The van der Waals surface area contributed by atoms with E-state index in [1.807, 2.05) is 31.2 Å². The Morgan fingerprint density at radius 2 is 2.24 bits per heavy atom. The molecular weight excluding hydrogens is 406 g/mol. The Morgan fingerprint density at radius 3 is 2.92 bits per heavy atom. The molecule has 0 radical (unpaired) electrons. The summed E-state index contributed by atoms with van der Waals surface area (Å²) in [7, 11) is 0. The van der Waals surface area contributed by atoms with E-state index in [1.165, 1.54) is 6.08 Å². The van der Waals surface area contributed by atoms with Crippen LogP contribution in [0.1, 0.15) is 18.5 Å². The number of carbonyl (C=O) groups is 1. The van der Waals surface area contributed by atoms with Gasteiger partial charge in [0.2, 0.25) is 5.16 Å². The van der Waals surface area contributed by atoms with Crippen LogP contribution in [0, 0.1) is 0 Å². The standard InChI is InChI=1S/C17H14BrN3O3S/c1-2-15-19-17(21-20-15)25-14(16(22)23)9-12-6-7-13(24-12)10-4-3-5-11(18)8-10/h3-9H,2H2,1H3,(H,22,23)(H,19,20,21)/b14-9-. The molecule has 0 aliphatic heterocycles. The molecule has 0 unspecified atom stereocenters. The molecule has 8 heteroatoms. The van der Waals surface area contributed by atoms with E-state index in [1.54, 1.807) is 12.1 Å². The van der Waals surface area contributed by atoms with Crippen molar-refractivity contribution in [2.24, 2.45) is 0 Å². The summed E-state index contributed by atoms with van der Waals surface area (Å²) in [5.41, 5.74) is 0.903. The highest BCUT2D eigenvalue weighted by atomic mass is 79.9. The first-order valence-electron chi connectivity index (χ1n) is 7.45. The van der Waals surface area contributed by atoms with Crippen molar-refractivity contribution >= 4 is 39.7 Å². The molecule has 0 atom stereocenters. The predicted molar refractivity (Wildman–Crippen MR) is 99.1 cm³/mol. The van der Waals surface area contributed by atoms with Gasteiger partial charge < -0.3 is 9.52 Å². The van der Waals surface area contributed by atoms with Crippen LogP contribution >= 0.6 is 27.7 Å². The van der Waals surface area contributed by atoms with Crippen molar-refractivity contribution in [3.63, 3.8) is 0 Å². The third kappa shape index (κ3) is 4.40. The Kier molecular flexibility index (Phi) is 5.40. The van der Waals surface area contributed by atoms with Crippen molar-refractivity contribution in [1.29, 1.82) is 0 Å². The monoisotopic (exact) mass is 419 g/mol. The summed E-state index contributed by atoms with van der Waals surface area (Å²) in [5.74, 6) is 0.759. The fourth-order valence-corrected chi connectivity index (χ4v) is 3.18. The van der Waals surface area contributed by atoms with Crippen LogP contribution in [0.3, 0.4) is 0 Å². The van der Waals surface area contributed by atoms with E-state index in [4.69, 9.17) is 4.42 Å². The zero-order valence-electron chi connectivity index (χ0n) is 13.2. The molecule has 25 heavy (non-hydrogen) atoms. The van der Waals surface area contributed by atoms with Gasteiger partial charge in [0.05, 0.1) is 0 Å². The Hall–Kier alpha value is -2.32. The number of benzene rings is 1. The largest absolute Gasteiger partial charge is 0.477 e. The number of H-pyrrole nitrogens is 1. The van der Waals surface area contributed by atoms with Gasteiger partial charge in [-0.3, -0.25) is 5.10 Å². The fourth-order valence-electron chi connectivity index (χ4n) is 2.07. The lowest BCUT2D eigenvalue weighted by atomic mass is 10.2. The summed E-state index contributed by atoms with van der Waals surface area (Å²) in [4.78, 5) is 15.8. The minimum atomic E-state index is -1.06. The second kappa shape index (κ2) is 7.71. The van der Waals surface area contributed by atoms with Crippen molar-refractivity contribution in [1.82, 2.24) is 15.2 Å². The minimum Gasteiger partial charge on any atom is -0.477 e. The number of carboxylic acid groups (broad SMARTS) is 1. The summed E-state index contributed by atoms with van der Waals surface area (Å²) >= 11 is 4.39. The number of aromatic nitrogens is 3. The minimum absolute atomic E-state index is 0.0804. The normalized spacial score (nSPS) is 11.7. The van der Waals surface area contributed by atoms with Gasteiger partial charge in [-0.15, -0.1) is 5.10 Å². The van der Waals surface area contributed by atoms with Crippen molar-refractivity contribution in [2.45, 2.75) is 18.5 Å². The summed E-state index contributed by atoms with van der Waals surface area (Å²) in [6.07, 6.45) is 2.17. The Balaban J connectivity index is 1.84.